The zero-order valence-corrected chi connectivity index (χ0v) is 18.1. The molecule has 0 saturated carbocycles. The topological polar surface area (TPSA) is 203 Å². The molecule has 0 spiro atoms. The Morgan fingerprint density at radius 1 is 1.24 bits per heavy atom. The minimum atomic E-state index is -4.90. The van der Waals surface area contributed by atoms with Gasteiger partial charge in [-0.2, -0.15) is 8.42 Å². The molecule has 1 fully saturated rings. The minimum absolute atomic E-state index is 0.0361. The first-order chi connectivity index (χ1) is 13.4. The van der Waals surface area contributed by atoms with Gasteiger partial charge < -0.3 is 30.3 Å². The van der Waals surface area contributed by atoms with Gasteiger partial charge in [0, 0.05) is 29.2 Å². The van der Waals surface area contributed by atoms with E-state index in [9.17, 15) is 38.2 Å². The van der Waals surface area contributed by atoms with Crippen molar-refractivity contribution < 1.29 is 51.7 Å². The highest BCUT2D eigenvalue weighted by molar-refractivity contribution is 8.14. The number of aliphatic hydroxyl groups excluding tert-OH is 5. The molecule has 0 radical (unpaired) electrons. The van der Waals surface area contributed by atoms with Crippen molar-refractivity contribution in [1.29, 1.82) is 0 Å². The first kappa shape index (κ1) is 26.7. The molecule has 0 aromatic heterocycles. The minimum Gasteiger partial charge on any atom is -0.394 e. The van der Waals surface area contributed by atoms with Gasteiger partial charge in [-0.05, 0) is 19.3 Å². The SMILES string of the molecule is C[S@@](=O)CCC[C@H](O)CC/C(=N/OS(=O)(=O)O)S[C@H]1O[C@H](CO)[C@H](O)[C@H](O)[C@H]1O. The Labute approximate surface area is 175 Å². The summed E-state index contributed by atoms with van der Waals surface area (Å²) in [5.41, 5.74) is -1.24. The van der Waals surface area contributed by atoms with Crippen LogP contribution in [0.3, 0.4) is 0 Å². The van der Waals surface area contributed by atoms with Gasteiger partial charge in [-0.15, -0.1) is 0 Å². The maximum absolute atomic E-state index is 11.0. The molecule has 1 heterocycles. The van der Waals surface area contributed by atoms with Crippen molar-refractivity contribution in [1.82, 2.24) is 0 Å². The molecule has 0 unspecified atom stereocenters. The van der Waals surface area contributed by atoms with E-state index in [1.165, 1.54) is 0 Å². The molecule has 0 bridgehead atoms. The van der Waals surface area contributed by atoms with E-state index in [0.717, 1.165) is 0 Å². The summed E-state index contributed by atoms with van der Waals surface area (Å²) in [5, 5.41) is 52.1. The molecular formula is C14H27NO11S3. The maximum atomic E-state index is 11.0. The van der Waals surface area contributed by atoms with Crippen LogP contribution in [0, 0.1) is 0 Å². The van der Waals surface area contributed by atoms with Gasteiger partial charge in [0.2, 0.25) is 0 Å². The summed E-state index contributed by atoms with van der Waals surface area (Å²) in [6, 6.07) is 0. The summed E-state index contributed by atoms with van der Waals surface area (Å²) in [6.07, 6.45) is -4.32. The maximum Gasteiger partial charge on any atom is 0.466 e. The van der Waals surface area contributed by atoms with Crippen LogP contribution >= 0.6 is 11.8 Å². The van der Waals surface area contributed by atoms with Crippen LogP contribution in [0.15, 0.2) is 5.16 Å². The smallest absolute Gasteiger partial charge is 0.394 e. The van der Waals surface area contributed by atoms with E-state index in [4.69, 9.17) is 9.29 Å². The van der Waals surface area contributed by atoms with E-state index in [-0.39, 0.29) is 17.9 Å². The third kappa shape index (κ3) is 9.99. The Balaban J connectivity index is 2.78. The van der Waals surface area contributed by atoms with E-state index in [1.54, 1.807) is 6.26 Å². The monoisotopic (exact) mass is 481 g/mol. The van der Waals surface area contributed by atoms with Gasteiger partial charge in [-0.1, -0.05) is 16.9 Å². The van der Waals surface area contributed by atoms with E-state index >= 15 is 0 Å². The molecule has 172 valence electrons. The van der Waals surface area contributed by atoms with Crippen LogP contribution in [0.2, 0.25) is 0 Å². The second-order valence-electron chi connectivity index (χ2n) is 6.41. The number of oxime groups is 1. The fraction of sp³-hybridized carbons (Fsp3) is 0.929. The number of thioether (sulfide) groups is 1. The summed E-state index contributed by atoms with van der Waals surface area (Å²) in [5.74, 6) is 0.420. The Morgan fingerprint density at radius 2 is 1.90 bits per heavy atom. The molecule has 1 saturated heterocycles. The first-order valence-corrected chi connectivity index (χ1v) is 12.6. The third-order valence-electron chi connectivity index (χ3n) is 3.99. The second-order valence-corrected chi connectivity index (χ2v) is 10.1. The van der Waals surface area contributed by atoms with Gasteiger partial charge in [0.15, 0.2) is 0 Å². The van der Waals surface area contributed by atoms with E-state index < -0.39 is 63.8 Å². The molecule has 1 aliphatic rings. The lowest BCUT2D eigenvalue weighted by Gasteiger charge is -2.39. The van der Waals surface area contributed by atoms with Crippen molar-refractivity contribution in [3.63, 3.8) is 0 Å². The van der Waals surface area contributed by atoms with Gasteiger partial charge in [0.25, 0.3) is 0 Å². The summed E-state index contributed by atoms with van der Waals surface area (Å²) >= 11 is 0.645. The van der Waals surface area contributed by atoms with Crippen molar-refractivity contribution in [3.8, 4) is 0 Å². The van der Waals surface area contributed by atoms with Crippen molar-refractivity contribution >= 4 is 38.0 Å². The van der Waals surface area contributed by atoms with Crippen LogP contribution in [0.4, 0.5) is 0 Å². The van der Waals surface area contributed by atoms with E-state index in [0.29, 0.717) is 30.4 Å². The number of aliphatic hydroxyl groups is 5. The summed E-state index contributed by atoms with van der Waals surface area (Å²) in [4.78, 5) is 0. The van der Waals surface area contributed by atoms with Crippen molar-refractivity contribution in [2.24, 2.45) is 5.16 Å². The summed E-state index contributed by atoms with van der Waals surface area (Å²) in [7, 11) is -5.89. The molecule has 1 rings (SSSR count). The first-order valence-electron chi connectivity index (χ1n) is 8.62. The highest BCUT2D eigenvalue weighted by Gasteiger charge is 2.44. The Morgan fingerprint density at radius 3 is 2.45 bits per heavy atom. The van der Waals surface area contributed by atoms with Crippen LogP contribution in [0.5, 0.6) is 0 Å². The van der Waals surface area contributed by atoms with Crippen molar-refractivity contribution in [2.45, 2.75) is 61.6 Å². The zero-order valence-electron chi connectivity index (χ0n) is 15.6. The molecule has 1 aliphatic heterocycles. The number of ether oxygens (including phenoxy) is 1. The molecule has 0 aliphatic carbocycles. The molecule has 7 atom stereocenters. The van der Waals surface area contributed by atoms with Crippen LogP contribution in [0.1, 0.15) is 25.7 Å². The van der Waals surface area contributed by atoms with Crippen LogP contribution in [-0.4, -0.2) is 102 Å². The lowest BCUT2D eigenvalue weighted by atomic mass is 10.0. The van der Waals surface area contributed by atoms with E-state index in [2.05, 4.69) is 9.44 Å². The number of rotatable bonds is 11. The predicted molar refractivity (Wildman–Crippen MR) is 105 cm³/mol. The normalized spacial score (nSPS) is 30.7. The van der Waals surface area contributed by atoms with Crippen LogP contribution in [-0.2, 0) is 30.2 Å². The standard InChI is InChI=1S/C14H27NO11S3/c1-28(21)6-2-3-8(17)4-5-10(15-26-29(22,23)24)27-14-13(20)12(19)11(18)9(7-16)25-14/h8-9,11-14,16-20H,2-7H2,1H3,(H,22,23,24)/b15-10-/t8-,9+,11-,12-,13+,14+,28+/m0/s1. The lowest BCUT2D eigenvalue weighted by molar-refractivity contribution is -0.205. The average Bonchev–Trinajstić information content (AvgIpc) is 2.63. The molecule has 12 nitrogen and oxygen atoms in total. The predicted octanol–water partition coefficient (Wildman–Crippen LogP) is -2.05. The Kier molecular flexibility index (Phi) is 11.5. The van der Waals surface area contributed by atoms with Gasteiger partial charge in [0.1, 0.15) is 34.9 Å². The van der Waals surface area contributed by atoms with Crippen LogP contribution < -0.4 is 0 Å². The van der Waals surface area contributed by atoms with E-state index in [1.807, 2.05) is 0 Å². The molecule has 29 heavy (non-hydrogen) atoms. The largest absolute Gasteiger partial charge is 0.466 e. The van der Waals surface area contributed by atoms with Gasteiger partial charge in [0.05, 0.1) is 12.7 Å². The molecule has 0 amide bonds. The summed E-state index contributed by atoms with van der Waals surface area (Å²) in [6.45, 7) is -0.645. The quantitative estimate of drug-likeness (QED) is 0.0817. The van der Waals surface area contributed by atoms with Crippen LogP contribution in [0.25, 0.3) is 0 Å². The second kappa shape index (κ2) is 12.5. The average molecular weight is 482 g/mol. The molecular weight excluding hydrogens is 454 g/mol. The van der Waals surface area contributed by atoms with Crippen molar-refractivity contribution in [2.75, 3.05) is 18.6 Å². The fourth-order valence-electron chi connectivity index (χ4n) is 2.47. The van der Waals surface area contributed by atoms with Crippen molar-refractivity contribution in [3.05, 3.63) is 0 Å². The molecule has 15 heteroatoms. The number of hydrogen-bond acceptors (Lipinski definition) is 12. The number of hydrogen-bond donors (Lipinski definition) is 6. The lowest BCUT2D eigenvalue weighted by Crippen LogP contribution is -2.57. The highest BCUT2D eigenvalue weighted by Crippen LogP contribution is 2.30. The summed E-state index contributed by atoms with van der Waals surface area (Å²) < 4.78 is 50.6. The van der Waals surface area contributed by atoms with Gasteiger partial charge >= 0.3 is 10.4 Å². The van der Waals surface area contributed by atoms with Gasteiger partial charge in [-0.3, -0.25) is 8.76 Å². The zero-order chi connectivity index (χ0) is 22.2. The molecule has 6 N–H and O–H groups in total. The Bertz CT molecular complexity index is 657. The molecule has 0 aromatic carbocycles. The molecule has 0 aromatic rings. The Hall–Kier alpha value is -0.360. The third-order valence-corrected chi connectivity index (χ3v) is 6.29. The van der Waals surface area contributed by atoms with Gasteiger partial charge in [-0.25, -0.2) is 4.28 Å². The number of nitrogens with zero attached hydrogens (tertiary/aromatic N) is 1. The fourth-order valence-corrected chi connectivity index (χ4v) is 4.36. The highest BCUT2D eigenvalue weighted by atomic mass is 32.3.